The van der Waals surface area contributed by atoms with Crippen LogP contribution in [0, 0.1) is 0 Å². The number of ether oxygens (including phenoxy) is 2. The Morgan fingerprint density at radius 2 is 1.91 bits per heavy atom. The summed E-state index contributed by atoms with van der Waals surface area (Å²) in [5, 5.41) is 20.5. The highest BCUT2D eigenvalue weighted by molar-refractivity contribution is 5.82. The maximum Gasteiger partial charge on any atom is 0.125 e. The first kappa shape index (κ1) is 22.8. The van der Waals surface area contributed by atoms with E-state index in [1.807, 2.05) is 48.6 Å². The van der Waals surface area contributed by atoms with Crippen LogP contribution in [0.2, 0.25) is 0 Å². The third kappa shape index (κ3) is 5.33. The molecule has 3 aromatic rings. The van der Waals surface area contributed by atoms with Gasteiger partial charge in [-0.2, -0.15) is 0 Å². The van der Waals surface area contributed by atoms with Gasteiger partial charge in [-0.1, -0.05) is 0 Å². The van der Waals surface area contributed by atoms with E-state index in [1.54, 1.807) is 19.4 Å². The average molecular weight is 452 g/mol. The summed E-state index contributed by atoms with van der Waals surface area (Å²) < 4.78 is 11.1. The molecule has 0 spiro atoms. The average Bonchev–Trinajstić information content (AvgIpc) is 3.28. The lowest BCUT2D eigenvalue weighted by Gasteiger charge is -2.26. The van der Waals surface area contributed by atoms with Crippen molar-refractivity contribution in [3.63, 3.8) is 0 Å². The van der Waals surface area contributed by atoms with Gasteiger partial charge in [0, 0.05) is 68.1 Å². The van der Waals surface area contributed by atoms with E-state index < -0.39 is 0 Å². The number of benzene rings is 2. The van der Waals surface area contributed by atoms with Crippen LogP contribution in [0.15, 0.2) is 48.8 Å². The molecule has 2 heterocycles. The van der Waals surface area contributed by atoms with Crippen molar-refractivity contribution in [1.29, 1.82) is 0 Å². The molecule has 4 rings (SSSR count). The molecule has 1 aliphatic rings. The van der Waals surface area contributed by atoms with Crippen molar-refractivity contribution in [2.24, 2.45) is 0 Å². The van der Waals surface area contributed by atoms with E-state index in [0.717, 1.165) is 33.7 Å². The van der Waals surface area contributed by atoms with Crippen LogP contribution in [0.1, 0.15) is 12.1 Å². The number of nitrogens with one attached hydrogen (secondary N) is 1. The highest BCUT2D eigenvalue weighted by atomic mass is 16.5. The third-order valence-electron chi connectivity index (χ3n) is 5.35. The summed E-state index contributed by atoms with van der Waals surface area (Å²) in [4.78, 5) is 11.5. The molecule has 3 N–H and O–H groups in total. The number of hydrogen-bond acceptors (Lipinski definition) is 9. The van der Waals surface area contributed by atoms with Crippen molar-refractivity contribution in [2.45, 2.75) is 6.42 Å². The summed E-state index contributed by atoms with van der Waals surface area (Å²) in [7, 11) is 3.55. The predicted molar refractivity (Wildman–Crippen MR) is 128 cm³/mol. The van der Waals surface area contributed by atoms with Crippen molar-refractivity contribution in [1.82, 2.24) is 20.4 Å². The summed E-state index contributed by atoms with van der Waals surface area (Å²) in [6.07, 6.45) is 4.39. The lowest BCUT2D eigenvalue weighted by molar-refractivity contribution is 0.201. The number of methoxy groups -OCH3 is 1. The topological polar surface area (TPSA) is 103 Å². The fraction of sp³-hybridized carbons (Fsp3) is 0.333. The zero-order valence-corrected chi connectivity index (χ0v) is 18.9. The molecule has 0 fully saturated rings. The van der Waals surface area contributed by atoms with E-state index in [1.165, 1.54) is 0 Å². The molecule has 0 radical (unpaired) electrons. The normalized spacial score (nSPS) is 13.3. The van der Waals surface area contributed by atoms with Gasteiger partial charge in [0.15, 0.2) is 0 Å². The van der Waals surface area contributed by atoms with Crippen LogP contribution in [-0.4, -0.2) is 72.3 Å². The first-order chi connectivity index (χ1) is 16.1. The molecule has 1 aliphatic heterocycles. The van der Waals surface area contributed by atoms with Crippen molar-refractivity contribution in [3.05, 3.63) is 54.5 Å². The van der Waals surface area contributed by atoms with Crippen LogP contribution in [0.25, 0.3) is 16.6 Å². The van der Waals surface area contributed by atoms with Gasteiger partial charge in [-0.05, 0) is 24.6 Å². The molecule has 0 saturated heterocycles. The molecular weight excluding hydrogens is 422 g/mol. The van der Waals surface area contributed by atoms with E-state index in [-0.39, 0.29) is 19.8 Å². The van der Waals surface area contributed by atoms with Crippen LogP contribution >= 0.6 is 0 Å². The van der Waals surface area contributed by atoms with Gasteiger partial charge in [-0.15, -0.1) is 0 Å². The van der Waals surface area contributed by atoms with Gasteiger partial charge in [0.2, 0.25) is 0 Å². The fourth-order valence-corrected chi connectivity index (χ4v) is 3.73. The number of hydrazine groups is 1. The lowest BCUT2D eigenvalue weighted by atomic mass is 10.1. The van der Waals surface area contributed by atoms with Crippen molar-refractivity contribution in [2.75, 3.05) is 52.0 Å². The second-order valence-electron chi connectivity index (χ2n) is 7.70. The summed E-state index contributed by atoms with van der Waals surface area (Å²) in [6.45, 7) is 1.48. The number of nitrogens with zero attached hydrogens (tertiary/aromatic N) is 4. The van der Waals surface area contributed by atoms with E-state index in [9.17, 15) is 5.11 Å². The van der Waals surface area contributed by atoms with Crippen LogP contribution in [0.5, 0.6) is 11.5 Å². The maximum absolute atomic E-state index is 9.49. The van der Waals surface area contributed by atoms with Crippen molar-refractivity contribution in [3.8, 4) is 11.5 Å². The molecule has 2 aromatic carbocycles. The van der Waals surface area contributed by atoms with Gasteiger partial charge >= 0.3 is 0 Å². The summed E-state index contributed by atoms with van der Waals surface area (Å²) >= 11 is 0. The smallest absolute Gasteiger partial charge is 0.125 e. The van der Waals surface area contributed by atoms with E-state index >= 15 is 0 Å². The highest BCUT2D eigenvalue weighted by Gasteiger charge is 2.16. The Morgan fingerprint density at radius 1 is 1.06 bits per heavy atom. The molecule has 9 nitrogen and oxygen atoms in total. The molecule has 0 aliphatic carbocycles. The molecule has 0 saturated carbocycles. The summed E-state index contributed by atoms with van der Waals surface area (Å²) in [6, 6.07) is 11.5. The Morgan fingerprint density at radius 3 is 2.64 bits per heavy atom. The zero-order chi connectivity index (χ0) is 23.2. The Labute approximate surface area is 192 Å². The van der Waals surface area contributed by atoms with E-state index in [4.69, 9.17) is 19.6 Å². The molecule has 0 unspecified atom stereocenters. The second-order valence-corrected chi connectivity index (χ2v) is 7.70. The zero-order valence-electron chi connectivity index (χ0n) is 18.9. The molecule has 0 atom stereocenters. The largest absolute Gasteiger partial charge is 0.497 e. The van der Waals surface area contributed by atoms with Gasteiger partial charge in [0.1, 0.15) is 18.1 Å². The number of hydrogen-bond donors (Lipinski definition) is 3. The Hall–Kier alpha value is -3.40. The molecule has 9 heteroatoms. The first-order valence-corrected chi connectivity index (χ1v) is 10.9. The Kier molecular flexibility index (Phi) is 7.23. The molecular formula is C24H29N5O4. The van der Waals surface area contributed by atoms with E-state index in [2.05, 4.69) is 15.3 Å². The van der Waals surface area contributed by atoms with Crippen LogP contribution in [0.4, 0.5) is 11.4 Å². The van der Waals surface area contributed by atoms with Gasteiger partial charge < -0.3 is 29.6 Å². The monoisotopic (exact) mass is 451 g/mol. The summed E-state index contributed by atoms with van der Waals surface area (Å²) in [5.41, 5.74) is 8.49. The second kappa shape index (κ2) is 10.5. The molecule has 0 amide bonds. The van der Waals surface area contributed by atoms with Crippen LogP contribution in [-0.2, 0) is 0 Å². The minimum atomic E-state index is -0.0752. The van der Waals surface area contributed by atoms with Crippen molar-refractivity contribution < 1.29 is 19.7 Å². The number of aromatic nitrogens is 2. The lowest BCUT2D eigenvalue weighted by Crippen LogP contribution is -2.23. The number of rotatable bonds is 10. The van der Waals surface area contributed by atoms with Gasteiger partial charge in [0.05, 0.1) is 36.6 Å². The molecule has 1 aromatic heterocycles. The van der Waals surface area contributed by atoms with Gasteiger partial charge in [-0.25, -0.2) is 10.4 Å². The molecule has 174 valence electrons. The van der Waals surface area contributed by atoms with E-state index in [0.29, 0.717) is 31.0 Å². The first-order valence-electron chi connectivity index (χ1n) is 10.9. The number of aliphatic hydroxyl groups is 2. The van der Waals surface area contributed by atoms with Gasteiger partial charge in [-0.3, -0.25) is 4.98 Å². The Balaban J connectivity index is 1.73. The quantitative estimate of drug-likeness (QED) is 0.428. The third-order valence-corrected chi connectivity index (χ3v) is 5.35. The van der Waals surface area contributed by atoms with Gasteiger partial charge in [0.25, 0.3) is 0 Å². The highest BCUT2D eigenvalue weighted by Crippen LogP contribution is 2.34. The number of anilines is 2. The molecule has 0 bridgehead atoms. The predicted octanol–water partition coefficient (Wildman–Crippen LogP) is 2.32. The number of aliphatic hydroxyl groups excluding tert-OH is 2. The van der Waals surface area contributed by atoms with Crippen LogP contribution < -0.4 is 19.8 Å². The maximum atomic E-state index is 9.49. The summed E-state index contributed by atoms with van der Waals surface area (Å²) in [5.74, 6) is 1.24. The number of fused-ring (bicyclic) bond motifs is 1. The van der Waals surface area contributed by atoms with Crippen LogP contribution in [0.3, 0.4) is 0 Å². The minimum absolute atomic E-state index is 0.0700. The Bertz CT molecular complexity index is 1140. The SMILES string of the molecule is COc1cc(OCCO)cc(N(CCCO)c2ccc3ncc(C4=CN(C)NC4)nc3c2)c1. The fourth-order valence-electron chi connectivity index (χ4n) is 3.73. The standard InChI is InChI=1S/C24H29N5O4/c1-28-16-17(14-26-28)24-15-25-22-5-4-18(12-23(22)27-24)29(6-3-7-30)19-10-20(32-2)13-21(11-19)33-9-8-31/h4-5,10-13,15-16,26,30-31H,3,6-9,14H2,1-2H3. The van der Waals surface area contributed by atoms with Crippen molar-refractivity contribution >= 4 is 28.0 Å². The molecule has 33 heavy (non-hydrogen) atoms. The minimum Gasteiger partial charge on any atom is -0.497 e.